The van der Waals surface area contributed by atoms with Gasteiger partial charge < -0.3 is 114 Å². The lowest BCUT2D eigenvalue weighted by molar-refractivity contribution is -0.380. The molecule has 23 nitrogen and oxygen atoms in total. The molecule has 15 N–H and O–H groups in total. The van der Waals surface area contributed by atoms with Gasteiger partial charge in [-0.2, -0.15) is 0 Å². The zero-order valence-electron chi connectivity index (χ0n) is 45.8. The van der Waals surface area contributed by atoms with Gasteiger partial charge in [0.1, 0.15) is 97.7 Å². The molecule has 446 valence electrons. The van der Waals surface area contributed by atoms with E-state index < -0.39 is 166 Å². The monoisotopic (exact) mass is 1110 g/mol. The number of allylic oxidation sites excluding steroid dienone is 1. The molecule has 0 aromatic rings. The number of fused-ring (bicyclic) bond motifs is 5. The Balaban J connectivity index is 0.973. The van der Waals surface area contributed by atoms with Gasteiger partial charge in [-0.1, -0.05) is 53.2 Å². The van der Waals surface area contributed by atoms with Crippen molar-refractivity contribution in [3.05, 3.63) is 11.6 Å². The Hall–Kier alpha value is -1.18. The van der Waals surface area contributed by atoms with Crippen LogP contribution in [0, 0.1) is 45.3 Å². The second-order valence-electron chi connectivity index (χ2n) is 25.8. The van der Waals surface area contributed by atoms with Crippen molar-refractivity contribution in [3.8, 4) is 0 Å². The van der Waals surface area contributed by atoms with Crippen LogP contribution in [0.5, 0.6) is 0 Å². The maximum atomic E-state index is 11.8. The highest BCUT2D eigenvalue weighted by atomic mass is 16.8. The smallest absolute Gasteiger partial charge is 0.187 e. The second-order valence-corrected chi connectivity index (χ2v) is 25.8. The van der Waals surface area contributed by atoms with E-state index >= 15 is 0 Å². The molecule has 0 amide bonds. The van der Waals surface area contributed by atoms with Crippen LogP contribution in [-0.2, 0) is 37.9 Å². The molecule has 0 radical (unpaired) electrons. The van der Waals surface area contributed by atoms with Crippen molar-refractivity contribution in [2.75, 3.05) is 26.4 Å². The van der Waals surface area contributed by atoms with Gasteiger partial charge in [-0.25, -0.2) is 0 Å². The van der Waals surface area contributed by atoms with Crippen LogP contribution in [0.2, 0.25) is 0 Å². The minimum atomic E-state index is -1.91. The van der Waals surface area contributed by atoms with Gasteiger partial charge in [-0.05, 0) is 112 Å². The SMILES string of the molecule is CC(CCC(O[C@@H]1O[C@H](CO[C@@H]2O[C@H](CO)[C@@H](O)[C@H](O)[C@H]2O)[C@@H](O)[C@H](O)[C@H]1O[C@@H]1O[C@H](CO)[C@@H](O)[C@H](O)[C@H]1O)C(C)(C)O)C1CCC2(C)C3CC=C4C(CC[C@H](O[C@@H]5O[C@H](CO)[C@@H](O)[C@H](O)[C@H]5O)C4(C)C)C3(C)CCC12C. The van der Waals surface area contributed by atoms with Crippen LogP contribution >= 0.6 is 0 Å². The molecular weight excluding hydrogens is 1020 g/mol. The van der Waals surface area contributed by atoms with Gasteiger partial charge in [0.2, 0.25) is 0 Å². The Morgan fingerprint density at radius 1 is 0.571 bits per heavy atom. The van der Waals surface area contributed by atoms with E-state index in [1.165, 1.54) is 5.57 Å². The molecular formula is C54H92O23. The van der Waals surface area contributed by atoms with Crippen LogP contribution in [0.15, 0.2) is 11.6 Å². The van der Waals surface area contributed by atoms with Gasteiger partial charge in [-0.15, -0.1) is 0 Å². The van der Waals surface area contributed by atoms with Crippen LogP contribution in [0.4, 0.5) is 0 Å². The lowest BCUT2D eigenvalue weighted by atomic mass is 9.39. The van der Waals surface area contributed by atoms with Crippen molar-refractivity contribution in [2.24, 2.45) is 45.3 Å². The molecule has 4 saturated heterocycles. The second kappa shape index (κ2) is 23.5. The molecule has 4 aliphatic heterocycles. The van der Waals surface area contributed by atoms with Crippen molar-refractivity contribution < 1.29 is 114 Å². The highest BCUT2D eigenvalue weighted by Crippen LogP contribution is 2.75. The predicted molar refractivity (Wildman–Crippen MR) is 266 cm³/mol. The lowest BCUT2D eigenvalue weighted by Gasteiger charge is -2.66. The molecule has 8 rings (SSSR count). The summed E-state index contributed by atoms with van der Waals surface area (Å²) >= 11 is 0. The highest BCUT2D eigenvalue weighted by Gasteiger charge is 2.68. The summed E-state index contributed by atoms with van der Waals surface area (Å²) < 4.78 is 47.9. The summed E-state index contributed by atoms with van der Waals surface area (Å²) in [6.07, 6.45) is -23.9. The summed E-state index contributed by atoms with van der Waals surface area (Å²) in [7, 11) is 0. The Bertz CT molecular complexity index is 1990. The van der Waals surface area contributed by atoms with E-state index in [4.69, 9.17) is 37.9 Å². The van der Waals surface area contributed by atoms with Gasteiger partial charge in [0.15, 0.2) is 25.2 Å². The van der Waals surface area contributed by atoms with Crippen LogP contribution in [0.1, 0.15) is 113 Å². The molecule has 77 heavy (non-hydrogen) atoms. The largest absolute Gasteiger partial charge is 0.394 e. The Labute approximate surface area is 450 Å². The third kappa shape index (κ3) is 11.1. The van der Waals surface area contributed by atoms with Crippen LogP contribution in [0.25, 0.3) is 0 Å². The van der Waals surface area contributed by atoms with Crippen molar-refractivity contribution in [3.63, 3.8) is 0 Å². The zero-order valence-corrected chi connectivity index (χ0v) is 45.8. The molecule has 4 heterocycles. The van der Waals surface area contributed by atoms with E-state index in [0.29, 0.717) is 18.8 Å². The Kier molecular flexibility index (Phi) is 18.9. The molecule has 8 unspecified atom stereocenters. The van der Waals surface area contributed by atoms with Crippen molar-refractivity contribution in [2.45, 2.75) is 254 Å². The van der Waals surface area contributed by atoms with E-state index in [1.807, 2.05) is 0 Å². The summed E-state index contributed by atoms with van der Waals surface area (Å²) in [5.74, 6) is 1.07. The Morgan fingerprint density at radius 3 is 1.62 bits per heavy atom. The van der Waals surface area contributed by atoms with Gasteiger partial charge in [0.05, 0.1) is 44.2 Å². The summed E-state index contributed by atoms with van der Waals surface area (Å²) in [5, 5.41) is 159. The number of hydrogen-bond acceptors (Lipinski definition) is 23. The first-order chi connectivity index (χ1) is 36.0. The predicted octanol–water partition coefficient (Wildman–Crippen LogP) is -2.20. The van der Waals surface area contributed by atoms with E-state index in [1.54, 1.807) is 13.8 Å². The van der Waals surface area contributed by atoms with Crippen molar-refractivity contribution in [1.29, 1.82) is 0 Å². The summed E-state index contributed by atoms with van der Waals surface area (Å²) in [4.78, 5) is 0. The van der Waals surface area contributed by atoms with Crippen LogP contribution in [0.3, 0.4) is 0 Å². The topological polar surface area (TPSA) is 377 Å². The van der Waals surface area contributed by atoms with E-state index in [0.717, 1.165) is 38.5 Å². The van der Waals surface area contributed by atoms with Gasteiger partial charge >= 0.3 is 0 Å². The van der Waals surface area contributed by atoms with Gasteiger partial charge in [-0.3, -0.25) is 0 Å². The first-order valence-corrected chi connectivity index (χ1v) is 27.9. The average molecular weight is 1110 g/mol. The van der Waals surface area contributed by atoms with Crippen LogP contribution in [-0.4, -0.2) is 244 Å². The quantitative estimate of drug-likeness (QED) is 0.0687. The maximum absolute atomic E-state index is 11.8. The number of aliphatic hydroxyl groups is 15. The fourth-order valence-electron chi connectivity index (χ4n) is 15.6. The number of rotatable bonds is 17. The summed E-state index contributed by atoms with van der Waals surface area (Å²) in [5.41, 5.74) is -0.793. The van der Waals surface area contributed by atoms with E-state index in [9.17, 15) is 76.6 Å². The highest BCUT2D eigenvalue weighted by molar-refractivity contribution is 5.30. The molecule has 8 aliphatic rings. The Morgan fingerprint density at radius 2 is 1.08 bits per heavy atom. The number of aliphatic hydroxyl groups excluding tert-OH is 14. The van der Waals surface area contributed by atoms with Crippen molar-refractivity contribution in [1.82, 2.24) is 0 Å². The minimum Gasteiger partial charge on any atom is -0.394 e. The zero-order chi connectivity index (χ0) is 56.6. The van der Waals surface area contributed by atoms with E-state index in [2.05, 4.69) is 47.6 Å². The summed E-state index contributed by atoms with van der Waals surface area (Å²) in [6, 6.07) is 0. The van der Waals surface area contributed by atoms with Gasteiger partial charge in [0.25, 0.3) is 0 Å². The first kappa shape index (κ1) is 61.9. The minimum absolute atomic E-state index is 0.0220. The molecule has 0 bridgehead atoms. The lowest BCUT2D eigenvalue weighted by Crippen LogP contribution is -2.65. The molecule has 23 heteroatoms. The number of ether oxygens (including phenoxy) is 8. The summed E-state index contributed by atoms with van der Waals surface area (Å²) in [6.45, 7) is 14.4. The first-order valence-electron chi connectivity index (χ1n) is 27.9. The molecule has 29 atom stereocenters. The normalized spacial score (nSPS) is 51.0. The fourth-order valence-corrected chi connectivity index (χ4v) is 15.6. The molecule has 7 fully saturated rings. The molecule has 0 aromatic carbocycles. The molecule has 0 aromatic heterocycles. The van der Waals surface area contributed by atoms with Crippen LogP contribution < -0.4 is 0 Å². The molecule has 4 aliphatic carbocycles. The molecule has 0 spiro atoms. The van der Waals surface area contributed by atoms with E-state index in [-0.39, 0.29) is 46.5 Å². The average Bonchev–Trinajstić information content (AvgIpc) is 3.69. The van der Waals surface area contributed by atoms with Crippen molar-refractivity contribution >= 4 is 0 Å². The third-order valence-electron chi connectivity index (χ3n) is 20.7. The third-order valence-corrected chi connectivity index (χ3v) is 20.7. The molecule has 3 saturated carbocycles. The van der Waals surface area contributed by atoms with Gasteiger partial charge in [0, 0.05) is 5.41 Å². The standard InChI is InChI=1S/C54H92O23/c1-23(24-15-16-54(8)31-12-10-25-26(52(31,6)17-18-53(24,54)7)11-14-32(50(25,2)3)75-47-43(67)39(63)35(59)28(20-56)72-47)9-13-33(51(4,5)69)76-49-45(77-48-44(68)40(64)36(60)29(21-57)73-48)41(65)37(61)30(74-49)22-70-46-42(66)38(62)34(58)27(19-55)71-46/h10,23-24,26-49,55-69H,9,11-22H2,1-8H3/t23?,24?,26?,27-,28-,29-,30-,31?,32+,33?,34-,35-,36-,37-,38+,39+,40+,41+,42-,43-,44-,45-,46-,47+,48+,49+,52?,53?,54?/m1/s1. The fraction of sp³-hybridized carbons (Fsp3) is 0.963. The maximum Gasteiger partial charge on any atom is 0.187 e. The number of hydrogen-bond donors (Lipinski definition) is 15.